The number of hydrogen-bond acceptors (Lipinski definition) is 4. The van der Waals surface area contributed by atoms with Gasteiger partial charge in [-0.2, -0.15) is 0 Å². The van der Waals surface area contributed by atoms with Crippen LogP contribution < -0.4 is 4.74 Å². The summed E-state index contributed by atoms with van der Waals surface area (Å²) in [7, 11) is 1.51. The second-order valence-electron chi connectivity index (χ2n) is 8.41. The van der Waals surface area contributed by atoms with Gasteiger partial charge in [0, 0.05) is 40.2 Å². The van der Waals surface area contributed by atoms with Gasteiger partial charge in [0.1, 0.15) is 5.65 Å². The van der Waals surface area contributed by atoms with E-state index in [0.29, 0.717) is 11.3 Å². The van der Waals surface area contributed by atoms with Gasteiger partial charge in [-0.15, -0.1) is 11.8 Å². The second kappa shape index (κ2) is 8.67. The first-order chi connectivity index (χ1) is 15.2. The molecule has 4 heterocycles. The predicted molar refractivity (Wildman–Crippen MR) is 126 cm³/mol. The van der Waals surface area contributed by atoms with Gasteiger partial charge in [-0.3, -0.25) is 4.90 Å². The molecule has 0 radical (unpaired) electrons. The molecule has 162 valence electrons. The predicted octanol–water partition coefficient (Wildman–Crippen LogP) is 6.31. The number of para-hydroxylation sites is 1. The Bertz CT molecular complexity index is 1120. The van der Waals surface area contributed by atoms with Crippen LogP contribution in [0.3, 0.4) is 0 Å². The largest absolute Gasteiger partial charge is 0.493 e. The topological polar surface area (TPSA) is 41.1 Å². The molecule has 0 spiro atoms. The lowest BCUT2D eigenvalue weighted by molar-refractivity contribution is 0.199. The molecule has 0 amide bonds. The Morgan fingerprint density at radius 3 is 2.87 bits per heavy atom. The molecule has 2 aromatic heterocycles. The van der Waals surface area contributed by atoms with Crippen molar-refractivity contribution >= 4 is 22.8 Å². The summed E-state index contributed by atoms with van der Waals surface area (Å²) in [5.41, 5.74) is 3.68. The number of fused-ring (bicyclic) bond motifs is 1. The third-order valence-corrected chi connectivity index (χ3v) is 8.08. The number of ether oxygens (including phenoxy) is 1. The van der Waals surface area contributed by atoms with Gasteiger partial charge in [0.25, 0.3) is 0 Å². The molecule has 1 fully saturated rings. The average Bonchev–Trinajstić information content (AvgIpc) is 3.46. The number of halogens is 1. The van der Waals surface area contributed by atoms with Crippen LogP contribution in [0.15, 0.2) is 47.6 Å². The Labute approximate surface area is 186 Å². The van der Waals surface area contributed by atoms with Crippen molar-refractivity contribution in [2.75, 3.05) is 20.2 Å². The first-order valence-corrected chi connectivity index (χ1v) is 11.9. The van der Waals surface area contributed by atoms with E-state index in [1.165, 1.54) is 56.0 Å². The Balaban J connectivity index is 1.41. The minimum atomic E-state index is -0.356. The van der Waals surface area contributed by atoms with Crippen LogP contribution in [0.25, 0.3) is 22.2 Å². The lowest BCUT2D eigenvalue weighted by Crippen LogP contribution is -2.37. The number of thioether (sulfide) groups is 1. The van der Waals surface area contributed by atoms with E-state index in [0.717, 1.165) is 28.6 Å². The zero-order valence-electron chi connectivity index (χ0n) is 18.0. The fraction of sp³-hybridized carbons (Fsp3) is 0.400. The number of rotatable bonds is 5. The fourth-order valence-corrected chi connectivity index (χ4v) is 6.11. The molecule has 1 saturated heterocycles. The van der Waals surface area contributed by atoms with Gasteiger partial charge >= 0.3 is 0 Å². The van der Waals surface area contributed by atoms with Crippen LogP contribution in [0.5, 0.6) is 5.75 Å². The third-order valence-electron chi connectivity index (χ3n) is 6.55. The van der Waals surface area contributed by atoms with Gasteiger partial charge < -0.3 is 9.72 Å². The van der Waals surface area contributed by atoms with Crippen LogP contribution in [0.1, 0.15) is 43.4 Å². The first-order valence-electron chi connectivity index (χ1n) is 11.1. The van der Waals surface area contributed by atoms with Crippen LogP contribution in [0, 0.1) is 5.82 Å². The molecular weight excluding hydrogens is 409 g/mol. The molecule has 0 saturated carbocycles. The molecule has 1 aromatic carbocycles. The number of nitrogens with zero attached hydrogens (tertiary/aromatic N) is 2. The van der Waals surface area contributed by atoms with Crippen molar-refractivity contribution in [3.63, 3.8) is 0 Å². The summed E-state index contributed by atoms with van der Waals surface area (Å²) in [6.07, 6.45) is 11.3. The lowest BCUT2D eigenvalue weighted by Gasteiger charge is -2.33. The van der Waals surface area contributed by atoms with E-state index in [2.05, 4.69) is 33.9 Å². The van der Waals surface area contributed by atoms with Crippen LogP contribution in [0.2, 0.25) is 0 Å². The first kappa shape index (κ1) is 20.6. The van der Waals surface area contributed by atoms with Crippen LogP contribution in [-0.4, -0.2) is 41.1 Å². The van der Waals surface area contributed by atoms with Gasteiger partial charge in [0.05, 0.1) is 7.11 Å². The molecule has 31 heavy (non-hydrogen) atoms. The Kier molecular flexibility index (Phi) is 5.76. The molecule has 2 atom stereocenters. The highest BCUT2D eigenvalue weighted by molar-refractivity contribution is 8.03. The smallest absolute Gasteiger partial charge is 0.165 e. The van der Waals surface area contributed by atoms with E-state index in [4.69, 9.17) is 4.74 Å². The number of aromatic nitrogens is 2. The molecular formula is C25H28FN3OS. The number of hydrogen-bond donors (Lipinski definition) is 1. The van der Waals surface area contributed by atoms with Gasteiger partial charge in [-0.1, -0.05) is 24.6 Å². The maximum absolute atomic E-state index is 14.3. The highest BCUT2D eigenvalue weighted by atomic mass is 32.2. The maximum Gasteiger partial charge on any atom is 0.165 e. The van der Waals surface area contributed by atoms with Gasteiger partial charge in [-0.05, 0) is 61.9 Å². The molecule has 0 aliphatic carbocycles. The summed E-state index contributed by atoms with van der Waals surface area (Å²) in [6.45, 7) is 4.76. The van der Waals surface area contributed by atoms with Crippen molar-refractivity contribution in [2.24, 2.45) is 0 Å². The molecule has 2 unspecified atom stereocenters. The van der Waals surface area contributed by atoms with Crippen LogP contribution in [0.4, 0.5) is 4.39 Å². The quantitative estimate of drug-likeness (QED) is 0.507. The summed E-state index contributed by atoms with van der Waals surface area (Å²) >= 11 is 1.97. The average molecular weight is 438 g/mol. The number of aromatic amines is 1. The molecule has 5 rings (SSSR count). The standard InChI is InChI=1S/C25H28FN3OS/c1-16(29-11-4-3-5-12-29)22-9-10-23(31-22)17-13-19-20(15-28-25(19)27-14-17)18-7-6-8-21(26)24(18)30-2/h6-9,13-16,23H,3-5,10-12H2,1-2H3,(H,27,28). The molecule has 2 aliphatic rings. The van der Waals surface area contributed by atoms with E-state index < -0.39 is 0 Å². The Morgan fingerprint density at radius 2 is 2.06 bits per heavy atom. The van der Waals surface area contributed by atoms with Gasteiger partial charge in [-0.25, -0.2) is 9.37 Å². The van der Waals surface area contributed by atoms with Crippen molar-refractivity contribution < 1.29 is 9.13 Å². The molecule has 0 bridgehead atoms. The molecule has 6 heteroatoms. The van der Waals surface area contributed by atoms with Crippen molar-refractivity contribution in [1.82, 2.24) is 14.9 Å². The third kappa shape index (κ3) is 3.87. The number of H-pyrrole nitrogens is 1. The van der Waals surface area contributed by atoms with Gasteiger partial charge in [0.2, 0.25) is 0 Å². The van der Waals surface area contributed by atoms with Crippen molar-refractivity contribution in [1.29, 1.82) is 0 Å². The van der Waals surface area contributed by atoms with Crippen molar-refractivity contribution in [3.05, 3.63) is 59.0 Å². The summed E-state index contributed by atoms with van der Waals surface area (Å²) in [4.78, 5) is 12.0. The second-order valence-corrected chi connectivity index (χ2v) is 9.69. The van der Waals surface area contributed by atoms with E-state index in [-0.39, 0.29) is 11.6 Å². The minimum absolute atomic E-state index is 0.267. The number of pyridine rings is 1. The molecule has 2 aliphatic heterocycles. The Hall–Kier alpha value is -2.31. The summed E-state index contributed by atoms with van der Waals surface area (Å²) in [5.74, 6) is -0.0892. The lowest BCUT2D eigenvalue weighted by atomic mass is 10.0. The summed E-state index contributed by atoms with van der Waals surface area (Å²) in [6, 6.07) is 7.73. The number of piperidine rings is 1. The summed E-state index contributed by atoms with van der Waals surface area (Å²) in [5, 5.41) is 1.37. The van der Waals surface area contributed by atoms with Gasteiger partial charge in [0.15, 0.2) is 11.6 Å². The molecule has 3 aromatic rings. The molecule has 1 N–H and O–H groups in total. The number of methoxy groups -OCH3 is 1. The SMILES string of the molecule is COc1c(F)cccc1-c1c[nH]c2ncc(C3CC=C(C(C)N4CCCCC4)S3)cc12. The van der Waals surface area contributed by atoms with E-state index in [1.807, 2.05) is 30.2 Å². The highest BCUT2D eigenvalue weighted by Gasteiger charge is 2.28. The maximum atomic E-state index is 14.3. The normalized spacial score (nSPS) is 20.7. The number of likely N-dealkylation sites (tertiary alicyclic amines) is 1. The monoisotopic (exact) mass is 437 g/mol. The van der Waals surface area contributed by atoms with Crippen LogP contribution >= 0.6 is 11.8 Å². The zero-order chi connectivity index (χ0) is 21.4. The van der Waals surface area contributed by atoms with Crippen LogP contribution in [-0.2, 0) is 0 Å². The Morgan fingerprint density at radius 1 is 1.23 bits per heavy atom. The van der Waals surface area contributed by atoms with E-state index in [1.54, 1.807) is 6.07 Å². The fourth-order valence-electron chi connectivity index (χ4n) is 4.79. The van der Waals surface area contributed by atoms with Crippen molar-refractivity contribution in [3.8, 4) is 16.9 Å². The summed E-state index contributed by atoms with van der Waals surface area (Å²) < 4.78 is 19.6. The number of allylic oxidation sites excluding steroid dienone is 1. The van der Waals surface area contributed by atoms with Crippen molar-refractivity contribution in [2.45, 2.75) is 43.9 Å². The zero-order valence-corrected chi connectivity index (χ0v) is 18.8. The number of benzene rings is 1. The van der Waals surface area contributed by atoms with E-state index >= 15 is 0 Å². The molecule has 4 nitrogen and oxygen atoms in total. The minimum Gasteiger partial charge on any atom is -0.493 e. The van der Waals surface area contributed by atoms with E-state index in [9.17, 15) is 4.39 Å². The number of nitrogens with one attached hydrogen (secondary N) is 1. The highest BCUT2D eigenvalue weighted by Crippen LogP contribution is 2.47.